The first-order chi connectivity index (χ1) is 14.2. The van der Waals surface area contributed by atoms with E-state index >= 15 is 0 Å². The Balaban J connectivity index is 1.60. The molecular formula is C20H16N6O2S. The van der Waals surface area contributed by atoms with Crippen LogP contribution in [0.2, 0.25) is 0 Å². The number of hydrogen-bond acceptors (Lipinski definition) is 7. The molecule has 29 heavy (non-hydrogen) atoms. The largest absolute Gasteiger partial charge is 0.340 e. The summed E-state index contributed by atoms with van der Waals surface area (Å²) in [6, 6.07) is 17.9. The molecule has 0 saturated carbocycles. The quantitative estimate of drug-likeness (QED) is 0.458. The van der Waals surface area contributed by atoms with Crippen molar-refractivity contribution >= 4 is 23.4 Å². The lowest BCUT2D eigenvalue weighted by atomic mass is 10.0. The predicted molar refractivity (Wildman–Crippen MR) is 107 cm³/mol. The summed E-state index contributed by atoms with van der Waals surface area (Å²) in [6.45, 7) is 0. The normalized spacial score (nSPS) is 11.7. The Hall–Kier alpha value is -3.72. The van der Waals surface area contributed by atoms with E-state index < -0.39 is 11.9 Å². The summed E-state index contributed by atoms with van der Waals surface area (Å²) < 4.78 is 8.39. The van der Waals surface area contributed by atoms with E-state index in [0.717, 1.165) is 22.9 Å². The zero-order valence-electron chi connectivity index (χ0n) is 15.1. The number of carbonyl (C=O) groups excluding carboxylic acids is 2. The Bertz CT molecular complexity index is 1100. The van der Waals surface area contributed by atoms with Gasteiger partial charge in [0.05, 0.1) is 17.8 Å². The summed E-state index contributed by atoms with van der Waals surface area (Å²) in [5.41, 5.74) is 2.35. The van der Waals surface area contributed by atoms with Crippen LogP contribution < -0.4 is 5.32 Å². The molecule has 2 aromatic heterocycles. The van der Waals surface area contributed by atoms with E-state index in [1.807, 2.05) is 60.7 Å². The number of benzene rings is 2. The minimum atomic E-state index is -0.842. The van der Waals surface area contributed by atoms with Crippen LogP contribution in [0.25, 0.3) is 11.3 Å². The molecule has 9 heteroatoms. The average Bonchev–Trinajstić information content (AvgIpc) is 3.46. The minimum Gasteiger partial charge on any atom is -0.340 e. The first kappa shape index (κ1) is 18.6. The topological polar surface area (TPSA) is 114 Å². The smallest absolute Gasteiger partial charge is 0.273 e. The number of hydrogen-bond donors (Lipinski definition) is 2. The molecule has 1 unspecified atom stereocenters. The number of rotatable bonds is 7. The van der Waals surface area contributed by atoms with E-state index in [1.54, 1.807) is 0 Å². The highest BCUT2D eigenvalue weighted by atomic mass is 32.1. The van der Waals surface area contributed by atoms with Gasteiger partial charge in [-0.15, -0.1) is 0 Å². The number of nitrogens with one attached hydrogen (secondary N) is 2. The Kier molecular flexibility index (Phi) is 5.48. The van der Waals surface area contributed by atoms with Crippen LogP contribution in [-0.2, 0) is 6.42 Å². The third kappa shape index (κ3) is 4.25. The van der Waals surface area contributed by atoms with Crippen molar-refractivity contribution in [3.05, 3.63) is 84.1 Å². The van der Waals surface area contributed by atoms with Crippen LogP contribution in [0.1, 0.15) is 26.7 Å². The molecule has 0 saturated heterocycles. The zero-order chi connectivity index (χ0) is 20.1. The van der Waals surface area contributed by atoms with E-state index in [4.69, 9.17) is 0 Å². The Labute approximate surface area is 170 Å². The van der Waals surface area contributed by atoms with Gasteiger partial charge in [-0.2, -0.15) is 13.8 Å². The van der Waals surface area contributed by atoms with Crippen LogP contribution in [0, 0.1) is 0 Å². The lowest BCUT2D eigenvalue weighted by Crippen LogP contribution is -2.43. The van der Waals surface area contributed by atoms with Gasteiger partial charge in [0.25, 0.3) is 5.91 Å². The summed E-state index contributed by atoms with van der Waals surface area (Å²) >= 11 is 0.951. The van der Waals surface area contributed by atoms with E-state index in [2.05, 4.69) is 29.2 Å². The molecule has 2 aromatic carbocycles. The Morgan fingerprint density at radius 2 is 1.72 bits per heavy atom. The van der Waals surface area contributed by atoms with Crippen LogP contribution >= 0.6 is 11.7 Å². The maximum Gasteiger partial charge on any atom is 0.273 e. The number of nitrogens with zero attached hydrogens (tertiary/aromatic N) is 4. The molecule has 4 rings (SSSR count). The van der Waals surface area contributed by atoms with Crippen LogP contribution in [0.4, 0.5) is 0 Å². The van der Waals surface area contributed by atoms with E-state index in [9.17, 15) is 9.59 Å². The van der Waals surface area contributed by atoms with Gasteiger partial charge < -0.3 is 5.32 Å². The van der Waals surface area contributed by atoms with Crippen molar-refractivity contribution in [2.75, 3.05) is 0 Å². The van der Waals surface area contributed by atoms with Gasteiger partial charge in [-0.05, 0) is 5.56 Å². The monoisotopic (exact) mass is 404 g/mol. The van der Waals surface area contributed by atoms with Crippen molar-refractivity contribution in [3.8, 4) is 11.3 Å². The number of amides is 1. The third-order valence-corrected chi connectivity index (χ3v) is 4.82. The number of ketones is 1. The molecule has 0 radical (unpaired) electrons. The highest BCUT2D eigenvalue weighted by Crippen LogP contribution is 2.21. The van der Waals surface area contributed by atoms with Crippen LogP contribution in [0.15, 0.2) is 67.0 Å². The molecule has 1 atom stereocenters. The number of Topliss-reactive ketones (excluding diaryl/α,β-unsaturated/α-hetero) is 1. The molecule has 2 heterocycles. The summed E-state index contributed by atoms with van der Waals surface area (Å²) in [5.74, 6) is -0.832. The van der Waals surface area contributed by atoms with Crippen LogP contribution in [0.3, 0.4) is 0 Å². The SMILES string of the molecule is O=C(NC(Cc1ccccc1)C(=O)c1nc[nH]n1)c1nsnc1-c1ccccc1. The fourth-order valence-electron chi connectivity index (χ4n) is 2.89. The first-order valence-corrected chi connectivity index (χ1v) is 9.58. The zero-order valence-corrected chi connectivity index (χ0v) is 16.0. The van der Waals surface area contributed by atoms with Crippen molar-refractivity contribution in [2.45, 2.75) is 12.5 Å². The molecule has 1 amide bonds. The molecule has 4 aromatic rings. The second-order valence-corrected chi connectivity index (χ2v) is 6.76. The molecule has 0 fully saturated rings. The van der Waals surface area contributed by atoms with Gasteiger partial charge in [0, 0.05) is 12.0 Å². The van der Waals surface area contributed by atoms with Crippen molar-refractivity contribution in [3.63, 3.8) is 0 Å². The standard InChI is InChI=1S/C20H16N6O2S/c27-18(19-21-12-22-24-19)15(11-13-7-3-1-4-8-13)23-20(28)17-16(25-29-26-17)14-9-5-2-6-10-14/h1-10,12,15H,11H2,(H,23,28)(H,21,22,24). The molecule has 0 aliphatic carbocycles. The summed E-state index contributed by atoms with van der Waals surface area (Å²) in [6.07, 6.45) is 1.63. The van der Waals surface area contributed by atoms with Gasteiger partial charge in [-0.25, -0.2) is 4.98 Å². The molecule has 0 bridgehead atoms. The maximum atomic E-state index is 13.0. The Morgan fingerprint density at radius 1 is 1.00 bits per heavy atom. The molecule has 0 aliphatic heterocycles. The van der Waals surface area contributed by atoms with Crippen LogP contribution in [-0.4, -0.2) is 41.7 Å². The van der Waals surface area contributed by atoms with Crippen molar-refractivity contribution in [2.24, 2.45) is 0 Å². The van der Waals surface area contributed by atoms with Gasteiger partial charge in [0.15, 0.2) is 5.69 Å². The molecule has 2 N–H and O–H groups in total. The number of aromatic nitrogens is 5. The van der Waals surface area contributed by atoms with E-state index in [1.165, 1.54) is 6.33 Å². The lowest BCUT2D eigenvalue weighted by molar-refractivity contribution is 0.0850. The fraction of sp³-hybridized carbons (Fsp3) is 0.100. The van der Waals surface area contributed by atoms with Gasteiger partial charge >= 0.3 is 0 Å². The van der Waals surface area contributed by atoms with Gasteiger partial charge in [-0.3, -0.25) is 14.7 Å². The van der Waals surface area contributed by atoms with Gasteiger partial charge in [-0.1, -0.05) is 60.7 Å². The van der Waals surface area contributed by atoms with Crippen molar-refractivity contribution in [1.82, 2.24) is 29.2 Å². The summed E-state index contributed by atoms with van der Waals surface area (Å²) in [4.78, 5) is 29.8. The highest BCUT2D eigenvalue weighted by molar-refractivity contribution is 6.99. The molecule has 0 spiro atoms. The second-order valence-electron chi connectivity index (χ2n) is 6.23. The lowest BCUT2D eigenvalue weighted by Gasteiger charge is -2.16. The average molecular weight is 404 g/mol. The molecule has 0 aliphatic rings. The molecular weight excluding hydrogens is 388 g/mol. The Morgan fingerprint density at radius 3 is 2.41 bits per heavy atom. The maximum absolute atomic E-state index is 13.0. The number of H-pyrrole nitrogens is 1. The third-order valence-electron chi connectivity index (χ3n) is 4.29. The number of carbonyl (C=O) groups is 2. The predicted octanol–water partition coefficient (Wildman–Crippen LogP) is 2.55. The van der Waals surface area contributed by atoms with Gasteiger partial charge in [0.2, 0.25) is 11.6 Å². The van der Waals surface area contributed by atoms with Crippen molar-refractivity contribution in [1.29, 1.82) is 0 Å². The summed E-state index contributed by atoms with van der Waals surface area (Å²) in [7, 11) is 0. The first-order valence-electron chi connectivity index (χ1n) is 8.85. The van der Waals surface area contributed by atoms with E-state index in [-0.39, 0.29) is 17.3 Å². The molecule has 144 valence electrons. The van der Waals surface area contributed by atoms with Crippen molar-refractivity contribution < 1.29 is 9.59 Å². The van der Waals surface area contributed by atoms with E-state index in [0.29, 0.717) is 12.1 Å². The second kappa shape index (κ2) is 8.53. The molecule has 8 nitrogen and oxygen atoms in total. The summed E-state index contributed by atoms with van der Waals surface area (Å²) in [5, 5.41) is 9.16. The fourth-order valence-corrected chi connectivity index (χ4v) is 3.46. The highest BCUT2D eigenvalue weighted by Gasteiger charge is 2.28. The number of aromatic amines is 1. The van der Waals surface area contributed by atoms with Gasteiger partial charge in [0.1, 0.15) is 12.0 Å². The minimum absolute atomic E-state index is 0.0194. The van der Waals surface area contributed by atoms with Crippen LogP contribution in [0.5, 0.6) is 0 Å².